The van der Waals surface area contributed by atoms with Crippen LogP contribution in [0.1, 0.15) is 52.4 Å². The van der Waals surface area contributed by atoms with Crippen molar-refractivity contribution in [3.05, 3.63) is 18.2 Å². The van der Waals surface area contributed by atoms with Gasteiger partial charge in [-0.15, -0.1) is 10.2 Å². The minimum atomic E-state index is -0.443. The fraction of sp³-hybridized carbons (Fsp3) is 0.545. The summed E-state index contributed by atoms with van der Waals surface area (Å²) >= 11 is 1.30. The predicted molar refractivity (Wildman–Crippen MR) is 118 cm³/mol. The highest BCUT2D eigenvalue weighted by Gasteiger charge is 2.36. The Labute approximate surface area is 185 Å². The summed E-state index contributed by atoms with van der Waals surface area (Å²) < 4.78 is 10.7. The molecule has 0 bridgehead atoms. The maximum atomic E-state index is 13.0. The van der Waals surface area contributed by atoms with Gasteiger partial charge in [0.2, 0.25) is 23.7 Å². The molecule has 3 heterocycles. The first kappa shape index (κ1) is 21.5. The molecule has 2 amide bonds. The zero-order valence-corrected chi connectivity index (χ0v) is 18.7. The summed E-state index contributed by atoms with van der Waals surface area (Å²) in [5.74, 6) is 1.29. The number of amides is 2. The van der Waals surface area contributed by atoms with Crippen molar-refractivity contribution in [2.45, 2.75) is 58.4 Å². The normalized spacial score (nSPS) is 18.3. The first-order chi connectivity index (χ1) is 15.1. The third-order valence-corrected chi connectivity index (χ3v) is 6.75. The lowest BCUT2D eigenvalue weighted by Gasteiger charge is -2.27. The molecule has 9 heteroatoms. The zero-order valence-electron chi connectivity index (χ0n) is 17.9. The molecule has 1 aromatic heterocycles. The average molecular weight is 445 g/mol. The van der Waals surface area contributed by atoms with E-state index in [-0.39, 0.29) is 24.5 Å². The van der Waals surface area contributed by atoms with Crippen LogP contribution >= 0.6 is 11.3 Å². The Morgan fingerprint density at radius 1 is 1.26 bits per heavy atom. The van der Waals surface area contributed by atoms with Crippen molar-refractivity contribution < 1.29 is 19.1 Å². The maximum Gasteiger partial charge on any atom is 0.249 e. The van der Waals surface area contributed by atoms with Gasteiger partial charge < -0.3 is 14.4 Å². The number of anilines is 1. The van der Waals surface area contributed by atoms with E-state index in [0.29, 0.717) is 34.6 Å². The van der Waals surface area contributed by atoms with E-state index >= 15 is 0 Å². The van der Waals surface area contributed by atoms with Crippen molar-refractivity contribution in [1.82, 2.24) is 15.1 Å². The van der Waals surface area contributed by atoms with Gasteiger partial charge in [-0.2, -0.15) is 0 Å². The quantitative estimate of drug-likeness (QED) is 0.659. The van der Waals surface area contributed by atoms with E-state index in [1.807, 2.05) is 25.1 Å². The Hall–Kier alpha value is -2.68. The third-order valence-electron chi connectivity index (χ3n) is 5.86. The van der Waals surface area contributed by atoms with E-state index in [4.69, 9.17) is 9.47 Å². The van der Waals surface area contributed by atoms with Gasteiger partial charge in [-0.1, -0.05) is 38.0 Å². The van der Waals surface area contributed by atoms with Crippen LogP contribution in [0.2, 0.25) is 0 Å². The lowest BCUT2D eigenvalue weighted by molar-refractivity contribution is -0.140. The number of ether oxygens (including phenoxy) is 2. The summed E-state index contributed by atoms with van der Waals surface area (Å²) in [6, 6.07) is 5.13. The highest BCUT2D eigenvalue weighted by Crippen LogP contribution is 2.37. The highest BCUT2D eigenvalue weighted by molar-refractivity contribution is 7.18. The maximum absolute atomic E-state index is 13.0. The van der Waals surface area contributed by atoms with Crippen LogP contribution in [0.25, 0.3) is 10.6 Å². The molecule has 2 aliphatic heterocycles. The minimum absolute atomic E-state index is 0.00695. The van der Waals surface area contributed by atoms with Crippen LogP contribution in [0.15, 0.2) is 18.2 Å². The number of carbonyl (C=O) groups is 2. The summed E-state index contributed by atoms with van der Waals surface area (Å²) in [4.78, 5) is 27.7. The Bertz CT molecular complexity index is 947. The molecular formula is C22H28N4O4S. The van der Waals surface area contributed by atoms with Crippen molar-refractivity contribution in [3.63, 3.8) is 0 Å². The van der Waals surface area contributed by atoms with Crippen molar-refractivity contribution >= 4 is 28.3 Å². The second kappa shape index (κ2) is 9.64. The number of benzene rings is 1. The summed E-state index contributed by atoms with van der Waals surface area (Å²) in [5.41, 5.74) is 0.849. The molecule has 2 aromatic rings. The van der Waals surface area contributed by atoms with E-state index in [9.17, 15) is 9.59 Å². The molecule has 8 nitrogen and oxygen atoms in total. The van der Waals surface area contributed by atoms with E-state index in [0.717, 1.165) is 37.7 Å². The zero-order chi connectivity index (χ0) is 21.8. The van der Waals surface area contributed by atoms with Gasteiger partial charge in [-0.05, 0) is 43.9 Å². The second-order valence-corrected chi connectivity index (χ2v) is 8.88. The van der Waals surface area contributed by atoms with Crippen molar-refractivity contribution in [2.75, 3.05) is 18.7 Å². The molecule has 0 spiro atoms. The van der Waals surface area contributed by atoms with Crippen LogP contribution in [0, 0.1) is 5.92 Å². The molecule has 1 saturated heterocycles. The number of fused-ring (bicyclic) bond motifs is 1. The third kappa shape index (κ3) is 4.66. The molecule has 1 N–H and O–H groups in total. The lowest BCUT2D eigenvalue weighted by atomic mass is 9.97. The first-order valence-electron chi connectivity index (χ1n) is 11.0. The van der Waals surface area contributed by atoms with Gasteiger partial charge in [0, 0.05) is 18.0 Å². The molecular weight excluding hydrogens is 416 g/mol. The fourth-order valence-corrected chi connectivity index (χ4v) is 4.84. The molecule has 1 fully saturated rings. The molecule has 2 aliphatic rings. The van der Waals surface area contributed by atoms with Crippen LogP contribution in [-0.2, 0) is 9.59 Å². The summed E-state index contributed by atoms with van der Waals surface area (Å²) in [6.45, 7) is 5.02. The second-order valence-electron chi connectivity index (χ2n) is 7.91. The van der Waals surface area contributed by atoms with Crippen LogP contribution in [0.3, 0.4) is 0 Å². The Morgan fingerprint density at radius 3 is 2.90 bits per heavy atom. The average Bonchev–Trinajstić information content (AvgIpc) is 3.53. The van der Waals surface area contributed by atoms with E-state index in [2.05, 4.69) is 22.4 Å². The Kier molecular flexibility index (Phi) is 6.70. The van der Waals surface area contributed by atoms with E-state index < -0.39 is 6.04 Å². The number of rotatable bonds is 8. The number of carbonyl (C=O) groups excluding carboxylic acids is 2. The molecule has 166 valence electrons. The number of likely N-dealkylation sites (tertiary alicyclic amines) is 1. The smallest absolute Gasteiger partial charge is 0.249 e. The molecule has 31 heavy (non-hydrogen) atoms. The number of hydrogen-bond donors (Lipinski definition) is 1. The van der Waals surface area contributed by atoms with Crippen LogP contribution in [0.4, 0.5) is 5.13 Å². The van der Waals surface area contributed by atoms with Gasteiger partial charge >= 0.3 is 0 Å². The molecule has 2 atom stereocenters. The van der Waals surface area contributed by atoms with Crippen LogP contribution in [-0.4, -0.2) is 46.3 Å². The Morgan fingerprint density at radius 2 is 2.10 bits per heavy atom. The SMILES string of the molecule is CCCCC(CC)C(=O)N1CCCC1C(=O)Nc1nnc(-c2ccc3c(c2)OCO3)s1. The van der Waals surface area contributed by atoms with Crippen molar-refractivity contribution in [1.29, 1.82) is 0 Å². The molecule has 0 saturated carbocycles. The standard InChI is InChI=1S/C22H28N4O4S/c1-3-5-7-14(4-2)21(28)26-11-6-8-16(26)19(27)23-22-25-24-20(31-22)15-9-10-17-18(12-15)30-13-29-17/h9-10,12,14,16H,3-8,11,13H2,1-2H3,(H,23,25,27). The number of aromatic nitrogens is 2. The van der Waals surface area contributed by atoms with Crippen LogP contribution in [0.5, 0.6) is 11.5 Å². The summed E-state index contributed by atoms with van der Waals surface area (Å²) in [6.07, 6.45) is 5.30. The first-order valence-corrected chi connectivity index (χ1v) is 11.8. The van der Waals surface area contributed by atoms with Gasteiger partial charge in [0.1, 0.15) is 11.0 Å². The summed E-state index contributed by atoms with van der Waals surface area (Å²) in [7, 11) is 0. The molecule has 2 unspecified atom stereocenters. The summed E-state index contributed by atoms with van der Waals surface area (Å²) in [5, 5.41) is 12.3. The van der Waals surface area contributed by atoms with Gasteiger partial charge in [0.15, 0.2) is 11.5 Å². The highest BCUT2D eigenvalue weighted by atomic mass is 32.1. The van der Waals surface area contributed by atoms with Crippen molar-refractivity contribution in [3.8, 4) is 22.1 Å². The monoisotopic (exact) mass is 444 g/mol. The molecule has 0 radical (unpaired) electrons. The van der Waals surface area contributed by atoms with Gasteiger partial charge in [-0.25, -0.2) is 0 Å². The van der Waals surface area contributed by atoms with Gasteiger partial charge in [-0.3, -0.25) is 14.9 Å². The lowest BCUT2D eigenvalue weighted by Crippen LogP contribution is -2.45. The predicted octanol–water partition coefficient (Wildman–Crippen LogP) is 4.08. The minimum Gasteiger partial charge on any atom is -0.454 e. The van der Waals surface area contributed by atoms with E-state index in [1.165, 1.54) is 11.3 Å². The topological polar surface area (TPSA) is 93.7 Å². The molecule has 1 aromatic carbocycles. The number of unbranched alkanes of at least 4 members (excludes halogenated alkanes) is 1. The van der Waals surface area contributed by atoms with Crippen molar-refractivity contribution in [2.24, 2.45) is 5.92 Å². The van der Waals surface area contributed by atoms with Gasteiger partial charge in [0.25, 0.3) is 0 Å². The molecule has 0 aliphatic carbocycles. The number of hydrogen-bond acceptors (Lipinski definition) is 7. The van der Waals surface area contributed by atoms with Gasteiger partial charge in [0.05, 0.1) is 0 Å². The number of nitrogens with one attached hydrogen (secondary N) is 1. The van der Waals surface area contributed by atoms with E-state index in [1.54, 1.807) is 4.90 Å². The van der Waals surface area contributed by atoms with Crippen LogP contribution < -0.4 is 14.8 Å². The largest absolute Gasteiger partial charge is 0.454 e. The fourth-order valence-electron chi connectivity index (χ4n) is 4.10. The number of nitrogens with zero attached hydrogens (tertiary/aromatic N) is 3. The molecule has 4 rings (SSSR count). The Balaban J connectivity index is 1.41.